The minimum absolute atomic E-state index is 0.0303. The maximum Gasteiger partial charge on any atom is 0.264 e. The number of aryl methyl sites for hydroxylation is 1. The summed E-state index contributed by atoms with van der Waals surface area (Å²) in [5.74, 6) is -0.971. The zero-order valence-electron chi connectivity index (χ0n) is 22.5. The van der Waals surface area contributed by atoms with Gasteiger partial charge in [-0.15, -0.1) is 0 Å². The molecule has 3 aromatic rings. The Balaban J connectivity index is 2.04. The number of sulfonamides is 1. The SMILES string of the molecule is CCCCNC(=O)C(C)N(Cc1c(Cl)cccc1Cl)C(=O)CN(c1cccc(C)c1)S(=O)(=O)c1ccc(Cl)cc1. The fourth-order valence-corrected chi connectivity index (χ4v) is 6.07. The highest BCUT2D eigenvalue weighted by Crippen LogP contribution is 2.29. The van der Waals surface area contributed by atoms with E-state index in [4.69, 9.17) is 34.8 Å². The van der Waals surface area contributed by atoms with Crippen molar-refractivity contribution in [2.75, 3.05) is 17.4 Å². The normalized spacial score (nSPS) is 12.1. The number of hydrogen-bond donors (Lipinski definition) is 1. The summed E-state index contributed by atoms with van der Waals surface area (Å²) in [6.07, 6.45) is 1.67. The van der Waals surface area contributed by atoms with Crippen molar-refractivity contribution in [3.05, 3.63) is 92.9 Å². The molecule has 2 amide bonds. The van der Waals surface area contributed by atoms with E-state index in [2.05, 4.69) is 5.32 Å². The monoisotopic (exact) mass is 623 g/mol. The van der Waals surface area contributed by atoms with Crippen LogP contribution in [0.2, 0.25) is 15.1 Å². The molecule has 11 heteroatoms. The van der Waals surface area contributed by atoms with Crippen LogP contribution in [0.5, 0.6) is 0 Å². The predicted molar refractivity (Wildman–Crippen MR) is 162 cm³/mol. The number of anilines is 1. The number of carbonyl (C=O) groups is 2. The third-order valence-electron chi connectivity index (χ3n) is 6.36. The van der Waals surface area contributed by atoms with E-state index in [0.717, 1.165) is 22.7 Å². The van der Waals surface area contributed by atoms with Gasteiger partial charge in [-0.3, -0.25) is 13.9 Å². The lowest BCUT2D eigenvalue weighted by Gasteiger charge is -2.32. The van der Waals surface area contributed by atoms with Crippen molar-refractivity contribution >= 4 is 62.3 Å². The second-order valence-corrected chi connectivity index (χ2v) is 12.5. The number of unbranched alkanes of at least 4 members (excludes halogenated alkanes) is 1. The van der Waals surface area contributed by atoms with E-state index in [-0.39, 0.29) is 17.3 Å². The van der Waals surface area contributed by atoms with Gasteiger partial charge in [0.25, 0.3) is 10.0 Å². The van der Waals surface area contributed by atoms with Gasteiger partial charge in [0, 0.05) is 33.7 Å². The van der Waals surface area contributed by atoms with Crippen LogP contribution in [0.1, 0.15) is 37.8 Å². The number of amides is 2. The van der Waals surface area contributed by atoms with Crippen LogP contribution in [0.3, 0.4) is 0 Å². The van der Waals surface area contributed by atoms with Gasteiger partial charge in [-0.05, 0) is 74.4 Å². The van der Waals surface area contributed by atoms with Crippen molar-refractivity contribution in [2.45, 2.75) is 51.1 Å². The van der Waals surface area contributed by atoms with E-state index in [1.807, 2.05) is 19.9 Å². The standard InChI is InChI=1S/C29H32Cl3N3O4S/c1-4-5-16-33-29(37)21(3)34(18-25-26(31)10-7-11-27(25)32)28(36)19-35(23-9-6-8-20(2)17-23)40(38,39)24-14-12-22(30)13-15-24/h6-15,17,21H,4-5,16,18-19H2,1-3H3,(H,33,37). The molecule has 0 saturated heterocycles. The molecule has 0 aliphatic carbocycles. The van der Waals surface area contributed by atoms with Crippen LogP contribution in [0.4, 0.5) is 5.69 Å². The van der Waals surface area contributed by atoms with Crippen molar-refractivity contribution < 1.29 is 18.0 Å². The highest BCUT2D eigenvalue weighted by Gasteiger charge is 2.33. The molecule has 0 aliphatic heterocycles. The van der Waals surface area contributed by atoms with Gasteiger partial charge in [-0.1, -0.05) is 66.3 Å². The van der Waals surface area contributed by atoms with Gasteiger partial charge in [0.15, 0.2) is 0 Å². The number of nitrogens with zero attached hydrogens (tertiary/aromatic N) is 2. The summed E-state index contributed by atoms with van der Waals surface area (Å²) in [5.41, 5.74) is 1.57. The number of halogens is 3. The van der Waals surface area contributed by atoms with E-state index in [0.29, 0.717) is 32.9 Å². The van der Waals surface area contributed by atoms with E-state index < -0.39 is 28.5 Å². The van der Waals surface area contributed by atoms with Gasteiger partial charge < -0.3 is 10.2 Å². The van der Waals surface area contributed by atoms with Gasteiger partial charge in [0.1, 0.15) is 12.6 Å². The van der Waals surface area contributed by atoms with Crippen LogP contribution in [0.25, 0.3) is 0 Å². The van der Waals surface area contributed by atoms with Gasteiger partial charge in [0.2, 0.25) is 11.8 Å². The highest BCUT2D eigenvalue weighted by molar-refractivity contribution is 7.92. The average Bonchev–Trinajstić information content (AvgIpc) is 2.91. The summed E-state index contributed by atoms with van der Waals surface area (Å²) < 4.78 is 28.7. The van der Waals surface area contributed by atoms with E-state index >= 15 is 0 Å². The molecule has 3 rings (SSSR count). The molecule has 1 atom stereocenters. The third-order valence-corrected chi connectivity index (χ3v) is 9.11. The number of nitrogens with one attached hydrogen (secondary N) is 1. The minimum Gasteiger partial charge on any atom is -0.354 e. The Hall–Kier alpha value is -2.78. The molecule has 0 spiro atoms. The summed E-state index contributed by atoms with van der Waals surface area (Å²) >= 11 is 18.8. The van der Waals surface area contributed by atoms with Gasteiger partial charge >= 0.3 is 0 Å². The Morgan fingerprint density at radius 1 is 0.950 bits per heavy atom. The Morgan fingerprint density at radius 2 is 1.57 bits per heavy atom. The molecule has 40 heavy (non-hydrogen) atoms. The molecule has 0 aromatic heterocycles. The second kappa shape index (κ2) is 14.2. The lowest BCUT2D eigenvalue weighted by molar-refractivity contribution is -0.139. The first-order valence-corrected chi connectivity index (χ1v) is 15.4. The Kier molecular flexibility index (Phi) is 11.3. The fraction of sp³-hybridized carbons (Fsp3) is 0.310. The van der Waals surface area contributed by atoms with Crippen molar-refractivity contribution in [1.82, 2.24) is 10.2 Å². The predicted octanol–water partition coefficient (Wildman–Crippen LogP) is 6.48. The molecular weight excluding hydrogens is 593 g/mol. The van der Waals surface area contributed by atoms with Crippen LogP contribution in [-0.2, 0) is 26.2 Å². The lowest BCUT2D eigenvalue weighted by Crippen LogP contribution is -2.51. The van der Waals surface area contributed by atoms with E-state index in [9.17, 15) is 18.0 Å². The molecule has 0 bridgehead atoms. The van der Waals surface area contributed by atoms with E-state index in [1.54, 1.807) is 43.3 Å². The Morgan fingerprint density at radius 3 is 2.17 bits per heavy atom. The molecule has 0 fully saturated rings. The molecule has 7 nitrogen and oxygen atoms in total. The molecule has 1 N–H and O–H groups in total. The first-order chi connectivity index (χ1) is 18.9. The average molecular weight is 625 g/mol. The maximum absolute atomic E-state index is 14.0. The molecule has 0 aliphatic rings. The summed E-state index contributed by atoms with van der Waals surface area (Å²) in [6, 6.07) is 16.6. The zero-order chi connectivity index (χ0) is 29.4. The Labute approximate surface area is 251 Å². The summed E-state index contributed by atoms with van der Waals surface area (Å²) in [7, 11) is -4.19. The third kappa shape index (κ3) is 7.91. The fourth-order valence-electron chi connectivity index (χ4n) is 4.02. The minimum atomic E-state index is -4.19. The number of benzene rings is 3. The highest BCUT2D eigenvalue weighted by atomic mass is 35.5. The van der Waals surface area contributed by atoms with Crippen LogP contribution < -0.4 is 9.62 Å². The molecular formula is C29H32Cl3N3O4S. The summed E-state index contributed by atoms with van der Waals surface area (Å²) in [6.45, 7) is 5.22. The first kappa shape index (κ1) is 31.7. The van der Waals surface area contributed by atoms with Crippen LogP contribution in [-0.4, -0.2) is 44.3 Å². The number of hydrogen-bond acceptors (Lipinski definition) is 4. The molecule has 214 valence electrons. The smallest absolute Gasteiger partial charge is 0.264 e. The summed E-state index contributed by atoms with van der Waals surface area (Å²) in [4.78, 5) is 28.3. The van der Waals surface area contributed by atoms with Crippen molar-refractivity contribution in [2.24, 2.45) is 0 Å². The van der Waals surface area contributed by atoms with Gasteiger partial charge in [-0.25, -0.2) is 8.42 Å². The quantitative estimate of drug-likeness (QED) is 0.234. The number of carbonyl (C=O) groups excluding carboxylic acids is 2. The second-order valence-electron chi connectivity index (χ2n) is 9.35. The van der Waals surface area contributed by atoms with Crippen LogP contribution in [0.15, 0.2) is 71.6 Å². The largest absolute Gasteiger partial charge is 0.354 e. The first-order valence-electron chi connectivity index (χ1n) is 12.8. The lowest BCUT2D eigenvalue weighted by atomic mass is 10.1. The van der Waals surface area contributed by atoms with Crippen LogP contribution >= 0.6 is 34.8 Å². The zero-order valence-corrected chi connectivity index (χ0v) is 25.6. The maximum atomic E-state index is 14.0. The topological polar surface area (TPSA) is 86.8 Å². The van der Waals surface area contributed by atoms with Crippen molar-refractivity contribution in [3.63, 3.8) is 0 Å². The molecule has 0 heterocycles. The summed E-state index contributed by atoms with van der Waals surface area (Å²) in [5, 5.41) is 3.88. The van der Waals surface area contributed by atoms with Crippen LogP contribution in [0, 0.1) is 6.92 Å². The number of rotatable bonds is 12. The van der Waals surface area contributed by atoms with Crippen molar-refractivity contribution in [1.29, 1.82) is 0 Å². The molecule has 0 radical (unpaired) electrons. The Bertz CT molecular complexity index is 1430. The van der Waals surface area contributed by atoms with Gasteiger partial charge in [-0.2, -0.15) is 0 Å². The van der Waals surface area contributed by atoms with Gasteiger partial charge in [0.05, 0.1) is 10.6 Å². The molecule has 1 unspecified atom stereocenters. The molecule has 0 saturated carbocycles. The molecule has 3 aromatic carbocycles. The van der Waals surface area contributed by atoms with E-state index in [1.165, 1.54) is 29.2 Å². The van der Waals surface area contributed by atoms with Crippen molar-refractivity contribution in [3.8, 4) is 0 Å².